The fourth-order valence-electron chi connectivity index (χ4n) is 3.44. The van der Waals surface area contributed by atoms with Crippen LogP contribution in [0, 0.1) is 11.8 Å². The van der Waals surface area contributed by atoms with Crippen molar-refractivity contribution in [2.24, 2.45) is 11.8 Å². The summed E-state index contributed by atoms with van der Waals surface area (Å²) in [5.74, 6) is 0.425. The second kappa shape index (κ2) is 4.91. The van der Waals surface area contributed by atoms with Crippen molar-refractivity contribution in [1.29, 1.82) is 0 Å². The van der Waals surface area contributed by atoms with Crippen molar-refractivity contribution >= 4 is 21.6 Å². The minimum atomic E-state index is -4.37. The zero-order valence-electron chi connectivity index (χ0n) is 10.7. The molecule has 3 unspecified atom stereocenters. The van der Waals surface area contributed by atoms with Crippen LogP contribution < -0.4 is 4.90 Å². The number of alkyl halides is 3. The van der Waals surface area contributed by atoms with Crippen LogP contribution in [0.3, 0.4) is 0 Å². The van der Waals surface area contributed by atoms with Crippen LogP contribution in [0.15, 0.2) is 22.7 Å². The molecule has 1 N–H and O–H groups in total. The van der Waals surface area contributed by atoms with Crippen molar-refractivity contribution in [2.75, 3.05) is 18.0 Å². The number of aliphatic hydroxyl groups excluding tert-OH is 1. The average molecular weight is 350 g/mol. The Labute approximate surface area is 123 Å². The molecular formula is C14H15BrF3NO. The standard InChI is InChI=1S/C14H15BrF3NO/c15-9-2-3-12(11(5-9)14(16,17)18)19-6-8-1-4-13(20)10(8)7-19/h2-3,5,8,10,13,20H,1,4,6-7H2. The van der Waals surface area contributed by atoms with Gasteiger partial charge in [0.2, 0.25) is 0 Å². The quantitative estimate of drug-likeness (QED) is 0.835. The number of hydrogen-bond acceptors (Lipinski definition) is 2. The van der Waals surface area contributed by atoms with E-state index in [1.165, 1.54) is 6.07 Å². The minimum absolute atomic E-state index is 0.111. The number of anilines is 1. The van der Waals surface area contributed by atoms with E-state index in [0.29, 0.717) is 23.5 Å². The highest BCUT2D eigenvalue weighted by Crippen LogP contribution is 2.44. The van der Waals surface area contributed by atoms with E-state index in [1.807, 2.05) is 0 Å². The summed E-state index contributed by atoms with van der Waals surface area (Å²) in [6.45, 7) is 1.11. The first-order chi connectivity index (χ1) is 9.36. The summed E-state index contributed by atoms with van der Waals surface area (Å²) in [5.41, 5.74) is -0.386. The van der Waals surface area contributed by atoms with Gasteiger partial charge in [-0.25, -0.2) is 0 Å². The molecule has 1 saturated heterocycles. The number of rotatable bonds is 1. The van der Waals surface area contributed by atoms with Gasteiger partial charge in [0.05, 0.1) is 11.7 Å². The summed E-state index contributed by atoms with van der Waals surface area (Å²) in [6.07, 6.45) is -3.06. The number of halogens is 4. The van der Waals surface area contributed by atoms with Crippen molar-refractivity contribution in [3.63, 3.8) is 0 Å². The maximum atomic E-state index is 13.2. The van der Waals surface area contributed by atoms with Crippen LogP contribution in [0.2, 0.25) is 0 Å². The lowest BCUT2D eigenvalue weighted by Gasteiger charge is -2.24. The van der Waals surface area contributed by atoms with Crippen molar-refractivity contribution in [2.45, 2.75) is 25.1 Å². The first-order valence-corrected chi connectivity index (χ1v) is 7.45. The van der Waals surface area contributed by atoms with E-state index in [1.54, 1.807) is 11.0 Å². The van der Waals surface area contributed by atoms with Gasteiger partial charge in [-0.2, -0.15) is 13.2 Å². The van der Waals surface area contributed by atoms with Crippen molar-refractivity contribution < 1.29 is 18.3 Å². The van der Waals surface area contributed by atoms with Crippen molar-refractivity contribution in [3.8, 4) is 0 Å². The van der Waals surface area contributed by atoms with Crippen LogP contribution in [0.4, 0.5) is 18.9 Å². The van der Waals surface area contributed by atoms with Crippen LogP contribution >= 0.6 is 15.9 Å². The Morgan fingerprint density at radius 3 is 2.60 bits per heavy atom. The van der Waals surface area contributed by atoms with Gasteiger partial charge in [0.25, 0.3) is 0 Å². The molecule has 20 heavy (non-hydrogen) atoms. The maximum absolute atomic E-state index is 13.2. The molecule has 1 heterocycles. The summed E-state index contributed by atoms with van der Waals surface area (Å²) >= 11 is 3.10. The molecular weight excluding hydrogens is 335 g/mol. The molecule has 0 spiro atoms. The normalized spacial score (nSPS) is 29.9. The molecule has 6 heteroatoms. The molecule has 1 aliphatic carbocycles. The van der Waals surface area contributed by atoms with Gasteiger partial charge in [0.15, 0.2) is 0 Å². The molecule has 0 aromatic heterocycles. The molecule has 1 aromatic rings. The highest BCUT2D eigenvalue weighted by atomic mass is 79.9. The Kier molecular flexibility index (Phi) is 3.49. The van der Waals surface area contributed by atoms with E-state index < -0.39 is 11.7 Å². The van der Waals surface area contributed by atoms with Crippen LogP contribution in [-0.2, 0) is 6.18 Å². The fourth-order valence-corrected chi connectivity index (χ4v) is 3.81. The van der Waals surface area contributed by atoms with E-state index in [0.717, 1.165) is 18.9 Å². The largest absolute Gasteiger partial charge is 0.418 e. The molecule has 0 amide bonds. The van der Waals surface area contributed by atoms with Gasteiger partial charge in [-0.15, -0.1) is 0 Å². The number of benzene rings is 1. The predicted octanol–water partition coefficient (Wildman–Crippen LogP) is 3.68. The van der Waals surface area contributed by atoms with E-state index in [9.17, 15) is 18.3 Å². The average Bonchev–Trinajstić information content (AvgIpc) is 2.91. The second-order valence-corrected chi connectivity index (χ2v) is 6.55. The zero-order chi connectivity index (χ0) is 14.5. The number of fused-ring (bicyclic) bond motifs is 1. The molecule has 110 valence electrons. The minimum Gasteiger partial charge on any atom is -0.393 e. The van der Waals surface area contributed by atoms with Gasteiger partial charge < -0.3 is 10.0 Å². The van der Waals surface area contributed by atoms with Crippen LogP contribution in [0.5, 0.6) is 0 Å². The highest BCUT2D eigenvalue weighted by molar-refractivity contribution is 9.10. The van der Waals surface area contributed by atoms with Gasteiger partial charge in [0, 0.05) is 29.2 Å². The lowest BCUT2D eigenvalue weighted by molar-refractivity contribution is -0.137. The lowest BCUT2D eigenvalue weighted by Crippen LogP contribution is -2.26. The first-order valence-electron chi connectivity index (χ1n) is 6.66. The Morgan fingerprint density at radius 1 is 1.20 bits per heavy atom. The van der Waals surface area contributed by atoms with Crippen LogP contribution in [0.1, 0.15) is 18.4 Å². The summed E-state index contributed by atoms with van der Waals surface area (Å²) in [7, 11) is 0. The molecule has 2 nitrogen and oxygen atoms in total. The molecule has 0 bridgehead atoms. The first kappa shape index (κ1) is 14.2. The summed E-state index contributed by atoms with van der Waals surface area (Å²) < 4.78 is 39.9. The third-order valence-electron chi connectivity index (χ3n) is 4.42. The van der Waals surface area contributed by atoms with Gasteiger partial charge in [0.1, 0.15) is 0 Å². The van der Waals surface area contributed by atoms with E-state index in [2.05, 4.69) is 15.9 Å². The summed E-state index contributed by atoms with van der Waals surface area (Å²) in [5, 5.41) is 9.88. The SMILES string of the molecule is OC1CCC2CN(c3ccc(Br)cc3C(F)(F)F)CC12. The maximum Gasteiger partial charge on any atom is 0.418 e. The Morgan fingerprint density at radius 2 is 1.95 bits per heavy atom. The molecule has 1 aliphatic heterocycles. The van der Waals surface area contributed by atoms with Gasteiger partial charge in [-0.05, 0) is 37.0 Å². The molecule has 3 atom stereocenters. The van der Waals surface area contributed by atoms with Crippen molar-refractivity contribution in [3.05, 3.63) is 28.2 Å². The van der Waals surface area contributed by atoms with Crippen LogP contribution in [0.25, 0.3) is 0 Å². The molecule has 1 aromatic carbocycles. The third kappa shape index (κ3) is 2.44. The third-order valence-corrected chi connectivity index (χ3v) is 4.92. The molecule has 3 rings (SSSR count). The Balaban J connectivity index is 1.92. The molecule has 2 aliphatic rings. The van der Waals surface area contributed by atoms with E-state index in [-0.39, 0.29) is 17.7 Å². The predicted molar refractivity (Wildman–Crippen MR) is 73.6 cm³/mol. The molecule has 1 saturated carbocycles. The molecule has 2 fully saturated rings. The summed E-state index contributed by atoms with van der Waals surface area (Å²) in [4.78, 5) is 1.77. The van der Waals surface area contributed by atoms with Crippen molar-refractivity contribution in [1.82, 2.24) is 0 Å². The zero-order valence-corrected chi connectivity index (χ0v) is 12.3. The van der Waals surface area contributed by atoms with Crippen LogP contribution in [-0.4, -0.2) is 24.3 Å². The van der Waals surface area contributed by atoms with Gasteiger partial charge >= 0.3 is 6.18 Å². The fraction of sp³-hybridized carbons (Fsp3) is 0.571. The second-order valence-electron chi connectivity index (χ2n) is 5.63. The number of aliphatic hydroxyl groups is 1. The summed E-state index contributed by atoms with van der Waals surface area (Å²) in [6, 6.07) is 4.27. The van der Waals surface area contributed by atoms with Gasteiger partial charge in [-0.1, -0.05) is 15.9 Å². The van der Waals surface area contributed by atoms with Gasteiger partial charge in [-0.3, -0.25) is 0 Å². The molecule has 0 radical (unpaired) electrons. The topological polar surface area (TPSA) is 23.5 Å². The van der Waals surface area contributed by atoms with E-state index in [4.69, 9.17) is 0 Å². The smallest absolute Gasteiger partial charge is 0.393 e. The lowest BCUT2D eigenvalue weighted by atomic mass is 10.00. The number of hydrogen-bond donors (Lipinski definition) is 1. The Hall–Kier alpha value is -0.750. The highest BCUT2D eigenvalue weighted by Gasteiger charge is 2.44. The van der Waals surface area contributed by atoms with E-state index >= 15 is 0 Å². The monoisotopic (exact) mass is 349 g/mol. The Bertz CT molecular complexity index is 520. The number of nitrogens with zero attached hydrogens (tertiary/aromatic N) is 1.